The number of allylic oxidation sites excluding steroid dienone is 1. The second kappa shape index (κ2) is 11.3. The normalized spacial score (nSPS) is 37.6. The highest BCUT2D eigenvalue weighted by Gasteiger charge is 2.60. The third kappa shape index (κ3) is 5.62. The zero-order valence-electron chi connectivity index (χ0n) is 24.7. The second-order valence-electron chi connectivity index (χ2n) is 14.0. The predicted octanol–water partition coefficient (Wildman–Crippen LogP) is 7.64. The van der Waals surface area contributed by atoms with Crippen LogP contribution in [0.1, 0.15) is 105 Å². The highest BCUT2D eigenvalue weighted by atomic mass is 16.6. The summed E-state index contributed by atoms with van der Waals surface area (Å²) in [5, 5.41) is 0. The Morgan fingerprint density at radius 1 is 1.05 bits per heavy atom. The number of carbonyl (C=O) groups excluding carboxylic acids is 2. The summed E-state index contributed by atoms with van der Waals surface area (Å²) in [7, 11) is 3.51. The molecule has 0 bridgehead atoms. The summed E-state index contributed by atoms with van der Waals surface area (Å²) in [5.74, 6) is 4.21. The molecular weight excluding hydrogens is 462 g/mol. The van der Waals surface area contributed by atoms with Crippen LogP contribution in [0, 0.1) is 46.3 Å². The Bertz CT molecular complexity index is 865. The number of fused-ring (bicyclic) bond motifs is 5. The van der Waals surface area contributed by atoms with E-state index in [4.69, 9.17) is 9.47 Å². The fourth-order valence-electron chi connectivity index (χ4n) is 9.37. The lowest BCUT2D eigenvalue weighted by Gasteiger charge is -2.59. The predicted molar refractivity (Wildman–Crippen MR) is 148 cm³/mol. The van der Waals surface area contributed by atoms with Gasteiger partial charge in [0.05, 0.1) is 0 Å². The molecule has 3 fully saturated rings. The van der Waals surface area contributed by atoms with E-state index in [-0.39, 0.29) is 23.6 Å². The summed E-state index contributed by atoms with van der Waals surface area (Å²) in [5.41, 5.74) is 1.71. The van der Waals surface area contributed by atoms with Crippen molar-refractivity contribution in [2.24, 2.45) is 46.3 Å². The van der Waals surface area contributed by atoms with Crippen LogP contribution in [0.4, 0.5) is 4.79 Å². The first-order chi connectivity index (χ1) is 17.5. The lowest BCUT2D eigenvalue weighted by Crippen LogP contribution is -2.54. The van der Waals surface area contributed by atoms with Crippen LogP contribution in [0.2, 0.25) is 0 Å². The van der Waals surface area contributed by atoms with E-state index in [1.54, 1.807) is 14.1 Å². The number of hydrogen-bond acceptors (Lipinski definition) is 4. The number of nitrogens with zero attached hydrogens (tertiary/aromatic N) is 1. The molecule has 0 aromatic rings. The first kappa shape index (κ1) is 28.5. The minimum atomic E-state index is -0.255. The molecule has 0 aromatic heterocycles. The molecule has 0 saturated heterocycles. The van der Waals surface area contributed by atoms with Crippen molar-refractivity contribution in [2.75, 3.05) is 20.7 Å². The second-order valence-corrected chi connectivity index (χ2v) is 14.0. The molecule has 0 heterocycles. The fraction of sp³-hybridized carbons (Fsp3) is 0.875. The van der Waals surface area contributed by atoms with Crippen molar-refractivity contribution >= 4 is 12.1 Å². The molecule has 210 valence electrons. The molecule has 4 aliphatic carbocycles. The molecule has 0 aliphatic heterocycles. The van der Waals surface area contributed by atoms with Gasteiger partial charge >= 0.3 is 12.1 Å². The molecule has 0 unspecified atom stereocenters. The van der Waals surface area contributed by atoms with Gasteiger partial charge in [0.25, 0.3) is 0 Å². The van der Waals surface area contributed by atoms with E-state index in [0.29, 0.717) is 23.9 Å². The van der Waals surface area contributed by atoms with Gasteiger partial charge in [0, 0.05) is 32.9 Å². The fourth-order valence-corrected chi connectivity index (χ4v) is 9.37. The molecule has 3 saturated carbocycles. The van der Waals surface area contributed by atoms with Crippen LogP contribution >= 0.6 is 0 Å². The monoisotopic (exact) mass is 515 g/mol. The first-order valence-electron chi connectivity index (χ1n) is 15.2. The maximum atomic E-state index is 12.5. The van der Waals surface area contributed by atoms with E-state index >= 15 is 0 Å². The molecule has 1 amide bonds. The lowest BCUT2D eigenvalue weighted by molar-refractivity contribution is -0.149. The van der Waals surface area contributed by atoms with Gasteiger partial charge in [-0.3, -0.25) is 4.79 Å². The van der Waals surface area contributed by atoms with Gasteiger partial charge in [-0.25, -0.2) is 4.79 Å². The third-order valence-electron chi connectivity index (χ3n) is 11.1. The smallest absolute Gasteiger partial charge is 0.409 e. The number of rotatable bonds is 8. The Labute approximate surface area is 226 Å². The highest BCUT2D eigenvalue weighted by Crippen LogP contribution is 2.67. The van der Waals surface area contributed by atoms with Crippen molar-refractivity contribution in [1.82, 2.24) is 4.90 Å². The summed E-state index contributed by atoms with van der Waals surface area (Å²) in [6.45, 7) is 11.8. The number of ether oxygens (including phenoxy) is 2. The maximum Gasteiger partial charge on any atom is 0.409 e. The van der Waals surface area contributed by atoms with E-state index in [2.05, 4.69) is 33.8 Å². The van der Waals surface area contributed by atoms with Crippen molar-refractivity contribution in [3.05, 3.63) is 11.6 Å². The largest absolute Gasteiger partial charge is 0.462 e. The number of amides is 1. The SMILES string of the molecule is CC(=O)O[C@H]1CC[C@@]2(COC(=O)N(C)C)C(=CC[C@@H]3[C@@H]2CC[C@]2(C)[C@@H]([C@H](C)CCCC(C)C)CC[C@@H]32)C1. The lowest BCUT2D eigenvalue weighted by atomic mass is 9.46. The molecule has 37 heavy (non-hydrogen) atoms. The number of carbonyl (C=O) groups is 2. The zero-order valence-corrected chi connectivity index (χ0v) is 24.7. The van der Waals surface area contributed by atoms with E-state index in [1.807, 2.05) is 0 Å². The molecule has 0 N–H and O–H groups in total. The van der Waals surface area contributed by atoms with Gasteiger partial charge in [-0.1, -0.05) is 58.6 Å². The standard InChI is InChI=1S/C32H53NO4/c1-21(2)9-8-10-22(3)27-13-14-28-26-12-11-24-19-25(37-23(4)34)15-18-32(24,20-36-30(35)33(6)7)29(26)16-17-31(27,28)5/h11,21-22,25-29H,8-10,12-20H2,1-7H3/t22-,25+,26+,27-,28+,29+,31-,32-/m1/s1. The Kier molecular flexibility index (Phi) is 8.70. The van der Waals surface area contributed by atoms with Crippen molar-refractivity contribution in [2.45, 2.75) is 111 Å². The first-order valence-corrected chi connectivity index (χ1v) is 15.2. The summed E-state index contributed by atoms with van der Waals surface area (Å²) in [6, 6.07) is 0. The van der Waals surface area contributed by atoms with Gasteiger partial charge in [0.15, 0.2) is 0 Å². The molecule has 0 aromatic carbocycles. The van der Waals surface area contributed by atoms with E-state index < -0.39 is 0 Å². The van der Waals surface area contributed by atoms with Gasteiger partial charge in [0.2, 0.25) is 0 Å². The van der Waals surface area contributed by atoms with Gasteiger partial charge in [-0.2, -0.15) is 0 Å². The van der Waals surface area contributed by atoms with Crippen molar-refractivity contribution < 1.29 is 19.1 Å². The van der Waals surface area contributed by atoms with Crippen LogP contribution in [0.25, 0.3) is 0 Å². The topological polar surface area (TPSA) is 55.8 Å². The van der Waals surface area contributed by atoms with Crippen LogP contribution in [0.15, 0.2) is 11.6 Å². The van der Waals surface area contributed by atoms with Crippen LogP contribution in [0.5, 0.6) is 0 Å². The Balaban J connectivity index is 1.55. The molecular formula is C32H53NO4. The van der Waals surface area contributed by atoms with E-state index in [1.165, 1.54) is 62.3 Å². The summed E-state index contributed by atoms with van der Waals surface area (Å²) < 4.78 is 11.6. The Hall–Kier alpha value is -1.52. The molecule has 0 radical (unpaired) electrons. The zero-order chi connectivity index (χ0) is 27.0. The minimum absolute atomic E-state index is 0.0469. The van der Waals surface area contributed by atoms with Crippen molar-refractivity contribution in [3.63, 3.8) is 0 Å². The molecule has 8 atom stereocenters. The van der Waals surface area contributed by atoms with Gasteiger partial charge in [0.1, 0.15) is 12.7 Å². The van der Waals surface area contributed by atoms with Crippen LogP contribution in [-0.4, -0.2) is 43.8 Å². The van der Waals surface area contributed by atoms with Crippen molar-refractivity contribution in [1.29, 1.82) is 0 Å². The molecule has 5 heteroatoms. The highest BCUT2D eigenvalue weighted by molar-refractivity contribution is 5.67. The van der Waals surface area contributed by atoms with E-state index in [0.717, 1.165) is 49.4 Å². The maximum absolute atomic E-state index is 12.5. The minimum Gasteiger partial charge on any atom is -0.462 e. The Morgan fingerprint density at radius 2 is 1.81 bits per heavy atom. The van der Waals surface area contributed by atoms with E-state index in [9.17, 15) is 9.59 Å². The third-order valence-corrected chi connectivity index (χ3v) is 11.1. The van der Waals surface area contributed by atoms with Gasteiger partial charge in [-0.15, -0.1) is 0 Å². The molecule has 5 nitrogen and oxygen atoms in total. The quantitative estimate of drug-likeness (QED) is 0.246. The summed E-state index contributed by atoms with van der Waals surface area (Å²) in [4.78, 5) is 25.8. The van der Waals surface area contributed by atoms with Crippen LogP contribution < -0.4 is 0 Å². The molecule has 4 aliphatic rings. The summed E-state index contributed by atoms with van der Waals surface area (Å²) >= 11 is 0. The average molecular weight is 516 g/mol. The Morgan fingerprint density at radius 3 is 2.49 bits per heavy atom. The molecule has 0 spiro atoms. The van der Waals surface area contributed by atoms with Crippen LogP contribution in [-0.2, 0) is 14.3 Å². The van der Waals surface area contributed by atoms with Crippen molar-refractivity contribution in [3.8, 4) is 0 Å². The number of hydrogen-bond donors (Lipinski definition) is 0. The summed E-state index contributed by atoms with van der Waals surface area (Å²) in [6.07, 6.45) is 15.2. The van der Waals surface area contributed by atoms with Crippen LogP contribution in [0.3, 0.4) is 0 Å². The molecule has 4 rings (SSSR count). The van der Waals surface area contributed by atoms with Gasteiger partial charge in [-0.05, 0) is 85.9 Å². The van der Waals surface area contributed by atoms with Gasteiger partial charge < -0.3 is 14.4 Å². The average Bonchev–Trinajstić information content (AvgIpc) is 3.19. The number of esters is 1.